The number of hydrogen-bond donors (Lipinski definition) is 1. The summed E-state index contributed by atoms with van der Waals surface area (Å²) in [6.45, 7) is 8.46. The van der Waals surface area contributed by atoms with Gasteiger partial charge in [-0.05, 0) is 38.3 Å². The molecule has 1 aromatic carbocycles. The second-order valence-corrected chi connectivity index (χ2v) is 7.10. The predicted octanol–water partition coefficient (Wildman–Crippen LogP) is 3.13. The van der Waals surface area contributed by atoms with E-state index in [0.717, 1.165) is 49.2 Å². The van der Waals surface area contributed by atoms with Gasteiger partial charge in [-0.3, -0.25) is 4.79 Å². The van der Waals surface area contributed by atoms with Crippen LogP contribution in [0.15, 0.2) is 22.6 Å². The van der Waals surface area contributed by atoms with Crippen LogP contribution < -0.4 is 15.0 Å². The van der Waals surface area contributed by atoms with E-state index in [2.05, 4.69) is 22.1 Å². The van der Waals surface area contributed by atoms with Gasteiger partial charge in [-0.15, -0.1) is 0 Å². The summed E-state index contributed by atoms with van der Waals surface area (Å²) in [5, 5.41) is 2.84. The van der Waals surface area contributed by atoms with Crippen LogP contribution in [0.2, 0.25) is 0 Å². The number of aromatic nitrogens is 1. The number of hydrogen-bond acceptors (Lipinski definition) is 6. The lowest BCUT2D eigenvalue weighted by Crippen LogP contribution is -2.40. The predicted molar refractivity (Wildman–Crippen MR) is 104 cm³/mol. The minimum absolute atomic E-state index is 0.0277. The number of nitrogens with zero attached hydrogens (tertiary/aromatic N) is 2. The van der Waals surface area contributed by atoms with Gasteiger partial charge in [0.15, 0.2) is 5.58 Å². The maximum Gasteiger partial charge on any atom is 0.298 e. The van der Waals surface area contributed by atoms with Gasteiger partial charge in [-0.1, -0.05) is 6.92 Å². The third-order valence-corrected chi connectivity index (χ3v) is 4.57. The van der Waals surface area contributed by atoms with E-state index in [1.54, 1.807) is 0 Å². The highest BCUT2D eigenvalue weighted by Crippen LogP contribution is 2.28. The molecule has 7 heteroatoms. The van der Waals surface area contributed by atoms with E-state index in [-0.39, 0.29) is 18.1 Å². The molecule has 0 radical (unpaired) electrons. The smallest absolute Gasteiger partial charge is 0.298 e. The van der Waals surface area contributed by atoms with Gasteiger partial charge in [0.05, 0.1) is 19.3 Å². The van der Waals surface area contributed by atoms with Crippen LogP contribution in [-0.4, -0.2) is 49.3 Å². The van der Waals surface area contributed by atoms with Crippen molar-refractivity contribution < 1.29 is 18.7 Å². The maximum atomic E-state index is 11.1. The topological polar surface area (TPSA) is 76.8 Å². The summed E-state index contributed by atoms with van der Waals surface area (Å²) in [7, 11) is 0. The number of ether oxygens (including phenoxy) is 2. The molecular weight excluding hydrogens is 346 g/mol. The Labute approximate surface area is 160 Å². The molecule has 0 bridgehead atoms. The number of carbonyl (C=O) groups excluding carboxylic acids is 1. The van der Waals surface area contributed by atoms with Crippen molar-refractivity contribution in [2.75, 3.05) is 31.2 Å². The zero-order valence-electron chi connectivity index (χ0n) is 16.4. The van der Waals surface area contributed by atoms with Crippen molar-refractivity contribution in [2.24, 2.45) is 0 Å². The van der Waals surface area contributed by atoms with Gasteiger partial charge in [0, 0.05) is 32.1 Å². The van der Waals surface area contributed by atoms with E-state index in [1.807, 2.05) is 25.1 Å². The Morgan fingerprint density at radius 3 is 2.89 bits per heavy atom. The van der Waals surface area contributed by atoms with Crippen LogP contribution in [0.1, 0.15) is 40.0 Å². The van der Waals surface area contributed by atoms with Crippen LogP contribution in [0.3, 0.4) is 0 Å². The molecule has 1 aliphatic heterocycles. The molecule has 7 nitrogen and oxygen atoms in total. The molecular formula is C20H29N3O4. The van der Waals surface area contributed by atoms with Crippen molar-refractivity contribution in [2.45, 2.75) is 52.2 Å². The van der Waals surface area contributed by atoms with Gasteiger partial charge in [0.2, 0.25) is 5.91 Å². The van der Waals surface area contributed by atoms with Crippen LogP contribution >= 0.6 is 0 Å². The fourth-order valence-corrected chi connectivity index (χ4v) is 3.22. The molecule has 1 saturated heterocycles. The number of nitrogens with one attached hydrogen (secondary N) is 1. The Hall–Kier alpha value is -2.28. The minimum atomic E-state index is -0.0277. The summed E-state index contributed by atoms with van der Waals surface area (Å²) in [4.78, 5) is 17.8. The zero-order chi connectivity index (χ0) is 19.2. The van der Waals surface area contributed by atoms with E-state index in [1.165, 1.54) is 6.92 Å². The third-order valence-electron chi connectivity index (χ3n) is 4.57. The highest BCUT2D eigenvalue weighted by molar-refractivity contribution is 5.76. The monoisotopic (exact) mass is 375 g/mol. The summed E-state index contributed by atoms with van der Waals surface area (Å²) in [5.74, 6) is 0.785. The molecule has 27 heavy (non-hydrogen) atoms. The highest BCUT2D eigenvalue weighted by atomic mass is 16.5. The van der Waals surface area contributed by atoms with Crippen molar-refractivity contribution in [3.63, 3.8) is 0 Å². The number of oxazole rings is 1. The fraction of sp³-hybridized carbons (Fsp3) is 0.600. The average molecular weight is 375 g/mol. The first-order chi connectivity index (χ1) is 13.0. The van der Waals surface area contributed by atoms with Crippen LogP contribution in [0.25, 0.3) is 11.1 Å². The summed E-state index contributed by atoms with van der Waals surface area (Å²) in [5.41, 5.74) is 1.59. The van der Waals surface area contributed by atoms with Crippen LogP contribution in [0.4, 0.5) is 6.01 Å². The second kappa shape index (κ2) is 9.08. The lowest BCUT2D eigenvalue weighted by atomic mass is 10.1. The number of rotatable bonds is 8. The van der Waals surface area contributed by atoms with E-state index >= 15 is 0 Å². The van der Waals surface area contributed by atoms with Crippen LogP contribution in [0.5, 0.6) is 5.75 Å². The van der Waals surface area contributed by atoms with Crippen molar-refractivity contribution in [3.05, 3.63) is 18.2 Å². The molecule has 3 rings (SSSR count). The van der Waals surface area contributed by atoms with Gasteiger partial charge in [0.25, 0.3) is 6.01 Å². The first-order valence-electron chi connectivity index (χ1n) is 9.72. The Morgan fingerprint density at radius 1 is 1.41 bits per heavy atom. The van der Waals surface area contributed by atoms with E-state index < -0.39 is 0 Å². The lowest BCUT2D eigenvalue weighted by Gasteiger charge is -2.31. The lowest BCUT2D eigenvalue weighted by molar-refractivity contribution is -0.120. The number of benzene rings is 1. The average Bonchev–Trinajstić information content (AvgIpc) is 3.08. The number of anilines is 1. The highest BCUT2D eigenvalue weighted by Gasteiger charge is 2.23. The number of carbonyl (C=O) groups is 1. The standard InChI is InChI=1S/C20H29N3O4/c1-4-11-25-17-5-6-18-19(12-17)27-20(22-18)23-9-7-16(8-10-23)26-13-14(2)21-15(3)24/h5-6,12,14,16H,4,7-11,13H2,1-3H3,(H,21,24)/t14-/m0/s1. The van der Waals surface area contributed by atoms with E-state index in [0.29, 0.717) is 19.2 Å². The molecule has 1 fully saturated rings. The summed E-state index contributed by atoms with van der Waals surface area (Å²) in [6, 6.07) is 6.46. The first kappa shape index (κ1) is 19.5. The van der Waals surface area contributed by atoms with Crippen molar-refractivity contribution in [3.8, 4) is 5.75 Å². The molecule has 2 aromatic rings. The molecule has 0 unspecified atom stereocenters. The Balaban J connectivity index is 1.52. The quantitative estimate of drug-likeness (QED) is 0.764. The molecule has 1 amide bonds. The summed E-state index contributed by atoms with van der Waals surface area (Å²) in [6.07, 6.45) is 3.00. The molecule has 1 atom stereocenters. The van der Waals surface area contributed by atoms with Crippen LogP contribution in [-0.2, 0) is 9.53 Å². The SMILES string of the molecule is CCCOc1ccc2nc(N3CCC(OC[C@H](C)NC(C)=O)CC3)oc2c1. The molecule has 0 aliphatic carbocycles. The van der Waals surface area contributed by atoms with E-state index in [4.69, 9.17) is 13.9 Å². The first-order valence-corrected chi connectivity index (χ1v) is 9.72. The summed E-state index contributed by atoms with van der Waals surface area (Å²) < 4.78 is 17.5. The number of fused-ring (bicyclic) bond motifs is 1. The summed E-state index contributed by atoms with van der Waals surface area (Å²) >= 11 is 0. The van der Waals surface area contributed by atoms with Crippen molar-refractivity contribution in [1.29, 1.82) is 0 Å². The van der Waals surface area contributed by atoms with Gasteiger partial charge < -0.3 is 24.1 Å². The molecule has 0 spiro atoms. The zero-order valence-corrected chi connectivity index (χ0v) is 16.4. The van der Waals surface area contributed by atoms with Gasteiger partial charge >= 0.3 is 0 Å². The Bertz CT molecular complexity index is 753. The van der Waals surface area contributed by atoms with E-state index in [9.17, 15) is 4.79 Å². The Kier molecular flexibility index (Phi) is 6.55. The third kappa shape index (κ3) is 5.35. The molecule has 148 valence electrons. The molecule has 1 N–H and O–H groups in total. The van der Waals surface area contributed by atoms with Crippen molar-refractivity contribution >= 4 is 23.0 Å². The van der Waals surface area contributed by atoms with Gasteiger partial charge in [-0.25, -0.2) is 0 Å². The maximum absolute atomic E-state index is 11.1. The van der Waals surface area contributed by atoms with Crippen LogP contribution in [0, 0.1) is 0 Å². The minimum Gasteiger partial charge on any atom is -0.493 e. The normalized spacial score (nSPS) is 16.5. The fourth-order valence-electron chi connectivity index (χ4n) is 3.22. The number of amides is 1. The molecule has 2 heterocycles. The Morgan fingerprint density at radius 2 is 2.19 bits per heavy atom. The van der Waals surface area contributed by atoms with Crippen molar-refractivity contribution in [1.82, 2.24) is 10.3 Å². The van der Waals surface area contributed by atoms with Gasteiger partial charge in [0.1, 0.15) is 11.3 Å². The second-order valence-electron chi connectivity index (χ2n) is 7.10. The molecule has 1 aliphatic rings. The number of piperidine rings is 1. The largest absolute Gasteiger partial charge is 0.493 e. The molecule has 1 aromatic heterocycles. The van der Waals surface area contributed by atoms with Gasteiger partial charge in [-0.2, -0.15) is 4.98 Å². The molecule has 0 saturated carbocycles.